The number of alkyl carbamates (subject to hydrolysis) is 1. The van der Waals surface area contributed by atoms with Gasteiger partial charge in [0.25, 0.3) is 10.1 Å². The molecule has 22 heavy (non-hydrogen) atoms. The van der Waals surface area contributed by atoms with E-state index >= 15 is 0 Å². The van der Waals surface area contributed by atoms with Gasteiger partial charge in [-0.05, 0) is 13.3 Å². The second kappa shape index (κ2) is 10.1. The fourth-order valence-corrected chi connectivity index (χ4v) is 1.71. The molecule has 0 radical (unpaired) electrons. The SMILES string of the molecule is CC(OCC(=O)CCC(=O)O)OC(=O)NCCCS(=O)(=O)O. The van der Waals surface area contributed by atoms with E-state index in [9.17, 15) is 22.8 Å². The van der Waals surface area contributed by atoms with Crippen molar-refractivity contribution in [1.29, 1.82) is 0 Å². The van der Waals surface area contributed by atoms with Crippen LogP contribution in [0.5, 0.6) is 0 Å². The summed E-state index contributed by atoms with van der Waals surface area (Å²) in [5, 5.41) is 10.6. The summed E-state index contributed by atoms with van der Waals surface area (Å²) < 4.78 is 38.9. The average Bonchev–Trinajstić information content (AvgIpc) is 2.38. The fraction of sp³-hybridized carbons (Fsp3) is 0.727. The summed E-state index contributed by atoms with van der Waals surface area (Å²) in [5.41, 5.74) is 0. The molecule has 0 aliphatic rings. The number of carbonyl (C=O) groups is 3. The first-order valence-corrected chi connectivity index (χ1v) is 7.96. The molecule has 3 N–H and O–H groups in total. The Bertz CT molecular complexity index is 488. The third-order valence-corrected chi connectivity index (χ3v) is 3.02. The molecule has 0 aromatic heterocycles. The van der Waals surface area contributed by atoms with Crippen LogP contribution in [0.15, 0.2) is 0 Å². The molecule has 128 valence electrons. The van der Waals surface area contributed by atoms with Crippen molar-refractivity contribution in [3.63, 3.8) is 0 Å². The number of amides is 1. The maximum Gasteiger partial charge on any atom is 0.409 e. The van der Waals surface area contributed by atoms with Crippen LogP contribution >= 0.6 is 0 Å². The van der Waals surface area contributed by atoms with E-state index in [2.05, 4.69) is 5.32 Å². The third-order valence-electron chi connectivity index (χ3n) is 2.22. The number of hydrogen-bond acceptors (Lipinski definition) is 7. The standard InChI is InChI=1S/C11H19NO9S/c1-8(20-7-9(13)3-4-10(14)15)21-11(16)12-5-2-6-22(17,18)19/h8H,2-7H2,1H3,(H,12,16)(H,14,15)(H,17,18,19). The van der Waals surface area contributed by atoms with Crippen molar-refractivity contribution >= 4 is 28.0 Å². The second-order valence-electron chi connectivity index (χ2n) is 4.28. The van der Waals surface area contributed by atoms with E-state index in [1.54, 1.807) is 0 Å². The van der Waals surface area contributed by atoms with Crippen molar-refractivity contribution in [3.05, 3.63) is 0 Å². The average molecular weight is 341 g/mol. The Labute approximate surface area is 127 Å². The monoisotopic (exact) mass is 341 g/mol. The smallest absolute Gasteiger partial charge is 0.409 e. The van der Waals surface area contributed by atoms with Crippen molar-refractivity contribution < 1.29 is 41.9 Å². The lowest BCUT2D eigenvalue weighted by Gasteiger charge is -2.14. The maximum atomic E-state index is 11.2. The number of carboxylic acids is 1. The highest BCUT2D eigenvalue weighted by atomic mass is 32.2. The molecule has 0 aromatic carbocycles. The van der Waals surface area contributed by atoms with Crippen molar-refractivity contribution in [2.24, 2.45) is 0 Å². The summed E-state index contributed by atoms with van der Waals surface area (Å²) >= 11 is 0. The quantitative estimate of drug-likeness (QED) is 0.263. The molecule has 0 spiro atoms. The minimum Gasteiger partial charge on any atom is -0.481 e. The highest BCUT2D eigenvalue weighted by Gasteiger charge is 2.12. The molecule has 0 aliphatic heterocycles. The van der Waals surface area contributed by atoms with E-state index < -0.39 is 40.0 Å². The molecule has 0 bridgehead atoms. The number of carbonyl (C=O) groups excluding carboxylic acids is 2. The first kappa shape index (κ1) is 20.3. The van der Waals surface area contributed by atoms with Crippen LogP contribution in [-0.2, 0) is 29.2 Å². The molecule has 1 unspecified atom stereocenters. The summed E-state index contributed by atoms with van der Waals surface area (Å²) in [4.78, 5) is 32.7. The molecule has 0 heterocycles. The Kier molecular flexibility index (Phi) is 9.29. The van der Waals surface area contributed by atoms with Gasteiger partial charge in [0.05, 0.1) is 12.2 Å². The van der Waals surface area contributed by atoms with Crippen LogP contribution in [0.2, 0.25) is 0 Å². The van der Waals surface area contributed by atoms with Crippen molar-refractivity contribution in [1.82, 2.24) is 5.32 Å². The van der Waals surface area contributed by atoms with Crippen LogP contribution in [0, 0.1) is 0 Å². The largest absolute Gasteiger partial charge is 0.481 e. The van der Waals surface area contributed by atoms with E-state index in [0.29, 0.717) is 0 Å². The van der Waals surface area contributed by atoms with Gasteiger partial charge < -0.3 is 19.9 Å². The predicted molar refractivity (Wildman–Crippen MR) is 72.8 cm³/mol. The normalized spacial score (nSPS) is 12.5. The number of hydrogen-bond donors (Lipinski definition) is 3. The number of aliphatic carboxylic acids is 1. The Morgan fingerprint density at radius 3 is 2.41 bits per heavy atom. The van der Waals surface area contributed by atoms with E-state index in [-0.39, 0.29) is 32.4 Å². The maximum absolute atomic E-state index is 11.2. The number of Topliss-reactive ketones (excluding diaryl/α,β-unsaturated/α-hetero) is 1. The fourth-order valence-electron chi connectivity index (χ4n) is 1.20. The van der Waals surface area contributed by atoms with Crippen molar-refractivity contribution in [3.8, 4) is 0 Å². The van der Waals surface area contributed by atoms with Gasteiger partial charge in [-0.15, -0.1) is 0 Å². The molecule has 10 nitrogen and oxygen atoms in total. The molecule has 1 atom stereocenters. The Hall–Kier alpha value is -1.72. The van der Waals surface area contributed by atoms with E-state index in [1.807, 2.05) is 0 Å². The summed E-state index contributed by atoms with van der Waals surface area (Å²) in [6.45, 7) is 0.954. The molecule has 0 saturated heterocycles. The molecule has 0 fully saturated rings. The Balaban J connectivity index is 3.77. The number of rotatable bonds is 11. The minimum atomic E-state index is -4.07. The van der Waals surface area contributed by atoms with E-state index in [4.69, 9.17) is 19.1 Å². The van der Waals surface area contributed by atoms with Crippen LogP contribution in [0.1, 0.15) is 26.2 Å². The number of ether oxygens (including phenoxy) is 2. The highest BCUT2D eigenvalue weighted by molar-refractivity contribution is 7.85. The third kappa shape index (κ3) is 13.3. The second-order valence-corrected chi connectivity index (χ2v) is 5.85. The molecular weight excluding hydrogens is 322 g/mol. The Morgan fingerprint density at radius 2 is 1.86 bits per heavy atom. The summed E-state index contributed by atoms with van der Waals surface area (Å²) in [6.07, 6.45) is -2.37. The minimum absolute atomic E-state index is 0.0108. The first-order chi connectivity index (χ1) is 10.1. The Morgan fingerprint density at radius 1 is 1.23 bits per heavy atom. The topological polar surface area (TPSA) is 156 Å². The number of nitrogens with one attached hydrogen (secondary N) is 1. The van der Waals surface area contributed by atoms with Gasteiger partial charge in [0, 0.05) is 13.0 Å². The first-order valence-electron chi connectivity index (χ1n) is 6.35. The van der Waals surface area contributed by atoms with E-state index in [1.165, 1.54) is 6.92 Å². The van der Waals surface area contributed by atoms with Crippen LogP contribution in [0.25, 0.3) is 0 Å². The summed E-state index contributed by atoms with van der Waals surface area (Å²) in [5.74, 6) is -2.02. The van der Waals surface area contributed by atoms with E-state index in [0.717, 1.165) is 0 Å². The lowest BCUT2D eigenvalue weighted by atomic mass is 10.2. The molecule has 0 aliphatic carbocycles. The van der Waals surface area contributed by atoms with Gasteiger partial charge in [0.1, 0.15) is 6.61 Å². The summed E-state index contributed by atoms with van der Waals surface area (Å²) in [7, 11) is -4.07. The van der Waals surface area contributed by atoms with Crippen molar-refractivity contribution in [2.75, 3.05) is 18.9 Å². The van der Waals surface area contributed by atoms with Gasteiger partial charge in [0.15, 0.2) is 5.78 Å². The van der Waals surface area contributed by atoms with Crippen molar-refractivity contribution in [2.45, 2.75) is 32.5 Å². The zero-order valence-electron chi connectivity index (χ0n) is 12.0. The van der Waals surface area contributed by atoms with Gasteiger partial charge >= 0.3 is 12.1 Å². The molecular formula is C11H19NO9S. The number of ketones is 1. The van der Waals surface area contributed by atoms with Gasteiger partial charge in [-0.25, -0.2) is 4.79 Å². The molecule has 1 amide bonds. The number of carboxylic acid groups (broad SMARTS) is 1. The predicted octanol–water partition coefficient (Wildman–Crippen LogP) is -0.213. The van der Waals surface area contributed by atoms with Gasteiger partial charge in [0.2, 0.25) is 6.29 Å². The molecule has 0 aromatic rings. The highest BCUT2D eigenvalue weighted by Crippen LogP contribution is 1.98. The molecule has 0 rings (SSSR count). The van der Waals surface area contributed by atoms with Crippen LogP contribution < -0.4 is 5.32 Å². The zero-order chi connectivity index (χ0) is 17.2. The van der Waals surface area contributed by atoms with Gasteiger partial charge in [-0.3, -0.25) is 14.1 Å². The zero-order valence-corrected chi connectivity index (χ0v) is 12.8. The van der Waals surface area contributed by atoms with Gasteiger partial charge in [-0.1, -0.05) is 0 Å². The molecule has 0 saturated carbocycles. The van der Waals surface area contributed by atoms with Gasteiger partial charge in [-0.2, -0.15) is 8.42 Å². The van der Waals surface area contributed by atoms with Crippen LogP contribution in [-0.4, -0.2) is 61.1 Å². The molecule has 11 heteroatoms. The lowest BCUT2D eigenvalue weighted by Crippen LogP contribution is -2.31. The van der Waals surface area contributed by atoms with Crippen LogP contribution in [0.4, 0.5) is 4.79 Å². The summed E-state index contributed by atoms with van der Waals surface area (Å²) in [6, 6.07) is 0. The van der Waals surface area contributed by atoms with Crippen LogP contribution in [0.3, 0.4) is 0 Å². The lowest BCUT2D eigenvalue weighted by molar-refractivity contribution is -0.142.